The van der Waals surface area contributed by atoms with Crippen molar-refractivity contribution in [2.45, 2.75) is 214 Å². The van der Waals surface area contributed by atoms with E-state index in [0.717, 1.165) is 31.2 Å². The minimum atomic E-state index is -5.33. The molecule has 0 bridgehead atoms. The number of rotatable bonds is 9. The molecule has 13 heteroatoms. The molecule has 6 aromatic rings. The number of halogens is 3. The van der Waals surface area contributed by atoms with Gasteiger partial charge in [-0.25, -0.2) is 0 Å². The molecule has 0 atom stereocenters. The van der Waals surface area contributed by atoms with Crippen LogP contribution in [0.4, 0.5) is 13.2 Å². The van der Waals surface area contributed by atoms with E-state index in [4.69, 9.17) is 0 Å². The molecule has 5 aliphatic rings. The molecule has 5 saturated carbocycles. The summed E-state index contributed by atoms with van der Waals surface area (Å²) in [5.74, 6) is -3.36. The average Bonchev–Trinajstić information content (AvgIpc) is 3.83. The summed E-state index contributed by atoms with van der Waals surface area (Å²) in [4.78, 5) is 25.9. The second-order valence-electron chi connectivity index (χ2n) is 22.6. The van der Waals surface area contributed by atoms with Crippen molar-refractivity contribution in [3.05, 3.63) is 107 Å². The third-order valence-electron chi connectivity index (χ3n) is 17.9. The molecule has 11 rings (SSSR count). The Bertz CT molecular complexity index is 2940. The van der Waals surface area contributed by atoms with Crippen LogP contribution in [0.15, 0.2) is 95.8 Å². The molecular weight excluding hydrogens is 1140 g/mol. The largest absolute Gasteiger partial charge is 0.506 e. The van der Waals surface area contributed by atoms with Gasteiger partial charge in [-0.3, -0.25) is 14.2 Å². The van der Waals surface area contributed by atoms with Gasteiger partial charge in [0, 0.05) is 110 Å². The van der Waals surface area contributed by atoms with Crippen LogP contribution < -0.4 is 5.56 Å². The molecule has 5 fully saturated rings. The van der Waals surface area contributed by atoms with Crippen molar-refractivity contribution in [1.29, 1.82) is 0 Å². The van der Waals surface area contributed by atoms with Crippen LogP contribution in [-0.2, 0) is 9.13 Å². The van der Waals surface area contributed by atoms with E-state index < -0.39 is 43.1 Å². The number of hydrogen-bond donors (Lipinski definition) is 1. The molecule has 4 aromatic carbocycles. The van der Waals surface area contributed by atoms with Crippen LogP contribution in [0.2, 0.25) is 0 Å². The number of aromatic hydroxyl groups is 1. The van der Waals surface area contributed by atoms with Crippen molar-refractivity contribution in [3.63, 3.8) is 0 Å². The molecular formula is C62H78EuF3NO5P2S. The average molecular weight is 1220 g/mol. The second-order valence-corrected chi connectivity index (χ2v) is 31.4. The molecule has 0 saturated heterocycles. The van der Waals surface area contributed by atoms with Gasteiger partial charge in [-0.15, -0.1) is 11.3 Å². The smallest absolute Gasteiger partial charge is 0.455 e. The van der Waals surface area contributed by atoms with Crippen LogP contribution in [0.1, 0.15) is 185 Å². The van der Waals surface area contributed by atoms with E-state index in [9.17, 15) is 37.0 Å². The van der Waals surface area contributed by atoms with Gasteiger partial charge in [-0.1, -0.05) is 177 Å². The van der Waals surface area contributed by atoms with Crippen LogP contribution in [-0.4, -0.2) is 55.6 Å². The van der Waals surface area contributed by atoms with Gasteiger partial charge in [0.05, 0.1) is 24.5 Å². The Balaban J connectivity index is 0.000000165. The zero-order valence-corrected chi connectivity index (χ0v) is 49.2. The quantitative estimate of drug-likeness (QED) is 0.115. The normalized spacial score (nSPS) is 19.3. The Kier molecular flexibility index (Phi) is 20.6. The molecule has 2 aromatic heterocycles. The van der Waals surface area contributed by atoms with E-state index in [0.29, 0.717) is 38.7 Å². The Morgan fingerprint density at radius 1 is 0.560 bits per heavy atom. The van der Waals surface area contributed by atoms with Gasteiger partial charge in [-0.2, -0.15) is 13.2 Å². The predicted octanol–water partition coefficient (Wildman–Crippen LogP) is 19.2. The Hall–Kier alpha value is -2.39. The maximum atomic E-state index is 14.3. The third-order valence-corrected chi connectivity index (χ3v) is 29.0. The van der Waals surface area contributed by atoms with Crippen LogP contribution in [0.25, 0.3) is 47.9 Å². The molecule has 1 N–H and O–H groups in total. The summed E-state index contributed by atoms with van der Waals surface area (Å²) >= 11 is 1.36. The van der Waals surface area contributed by atoms with Crippen molar-refractivity contribution < 1.29 is 81.6 Å². The topological polar surface area (TPSA) is 93.4 Å². The summed E-state index contributed by atoms with van der Waals surface area (Å²) in [6.45, 7) is 4.45. The van der Waals surface area contributed by atoms with Crippen LogP contribution in [0.5, 0.6) is 5.75 Å². The molecule has 0 amide bonds. The maximum Gasteiger partial charge on any atom is 0.455 e. The molecule has 0 aliphatic heterocycles. The van der Waals surface area contributed by atoms with Crippen LogP contribution in [0.3, 0.4) is 0 Å². The number of fused-ring (bicyclic) bond motifs is 5. The number of nitrogens with zero attached hydrogens (tertiary/aromatic N) is 1. The second kappa shape index (κ2) is 26.3. The summed E-state index contributed by atoms with van der Waals surface area (Å²) in [6, 6.07) is 26.9. The fraction of sp³-hybridized carbons (Fsp3) is 0.548. The first-order valence-electron chi connectivity index (χ1n) is 28.4. The Morgan fingerprint density at radius 3 is 1.43 bits per heavy atom. The molecule has 0 unspecified atom stereocenters. The SMILES string of the molecule is CC(C)P(=O)(C1CCCCC1)C1CCCCC1.O=C(c1c(O)c2ccc3c4ccccc4sc3c2n(-c2ccc(-c3ccccc3)cc2)c1=O)C(F)(F)F.O=P(C1CCCCC1)(C1CCCCC1)C1CCCCC1.[Eu]. The molecule has 5 aliphatic carbocycles. The maximum absolute atomic E-state index is 14.3. The van der Waals surface area contributed by atoms with E-state index >= 15 is 0 Å². The molecule has 405 valence electrons. The van der Waals surface area contributed by atoms with Gasteiger partial charge < -0.3 is 14.2 Å². The standard InChI is InChI=1S/C29H16F3NO3S.C18H33OP.C15H29OP.Eu/c30-29(31,32)27(35)23-25(34)21-15-14-20-19-8-4-5-9-22(19)37-26(20)24(21)33(28(23)36)18-12-10-17(11-13-18)16-6-2-1-3-7-16;19-20(16-10-4-1-5-11-16,17-12-6-2-7-13-17)18-14-8-3-9-15-18;1-13(2)17(16,14-9-5-3-6-10-14)15-11-7-4-8-12-15;/h1-15,34H;16-18H,1-15H2;13-15H,3-12H2,1-2H3;. The van der Waals surface area contributed by atoms with Gasteiger partial charge in [0.15, 0.2) is 0 Å². The predicted molar refractivity (Wildman–Crippen MR) is 305 cm³/mol. The number of aromatic nitrogens is 1. The van der Waals surface area contributed by atoms with Gasteiger partial charge in [-0.05, 0) is 99.6 Å². The Morgan fingerprint density at radius 2 is 0.973 bits per heavy atom. The zero-order valence-electron chi connectivity index (χ0n) is 44.1. The number of ketones is 1. The molecule has 1 radical (unpaired) electrons. The van der Waals surface area contributed by atoms with Crippen LogP contribution >= 0.6 is 25.6 Å². The van der Waals surface area contributed by atoms with Crippen LogP contribution in [0, 0.1) is 49.4 Å². The monoisotopic (exact) mass is 1220 g/mol. The van der Waals surface area contributed by atoms with Gasteiger partial charge in [0.25, 0.3) is 11.3 Å². The number of pyridine rings is 1. The number of carbonyl (C=O) groups excluding carboxylic acids is 1. The van der Waals surface area contributed by atoms with Crippen molar-refractivity contribution in [2.24, 2.45) is 0 Å². The molecule has 6 nitrogen and oxygen atoms in total. The molecule has 75 heavy (non-hydrogen) atoms. The number of benzene rings is 4. The number of thiophene rings is 1. The first-order valence-corrected chi connectivity index (χ1v) is 33.0. The van der Waals surface area contributed by atoms with Crippen molar-refractivity contribution >= 4 is 62.5 Å². The van der Waals surface area contributed by atoms with Gasteiger partial charge in [0.1, 0.15) is 11.3 Å². The first kappa shape index (κ1) is 58.8. The third kappa shape index (κ3) is 12.7. The summed E-state index contributed by atoms with van der Waals surface area (Å²) in [6.07, 6.45) is 27.8. The minimum Gasteiger partial charge on any atom is -0.506 e. The van der Waals surface area contributed by atoms with Gasteiger partial charge >= 0.3 is 6.18 Å². The van der Waals surface area contributed by atoms with Crippen molar-refractivity contribution in [1.82, 2.24) is 4.57 Å². The van der Waals surface area contributed by atoms with E-state index in [1.54, 1.807) is 30.3 Å². The van der Waals surface area contributed by atoms with Crippen molar-refractivity contribution in [2.75, 3.05) is 0 Å². The van der Waals surface area contributed by atoms with Gasteiger partial charge in [0.2, 0.25) is 0 Å². The zero-order chi connectivity index (χ0) is 52.0. The molecule has 2 heterocycles. The number of Topliss-reactive ketones (excluding diaryl/α,β-unsaturated/α-hetero) is 1. The summed E-state index contributed by atoms with van der Waals surface area (Å²) < 4.78 is 70.9. The van der Waals surface area contributed by atoms with E-state index in [-0.39, 0.29) is 66.0 Å². The number of alkyl halides is 3. The van der Waals surface area contributed by atoms with E-state index in [1.165, 1.54) is 178 Å². The number of carbonyl (C=O) groups is 1. The first-order chi connectivity index (χ1) is 35.7. The Labute approximate surface area is 488 Å². The molecule has 0 spiro atoms. The van der Waals surface area contributed by atoms with E-state index in [1.807, 2.05) is 54.6 Å². The van der Waals surface area contributed by atoms with E-state index in [2.05, 4.69) is 13.8 Å². The van der Waals surface area contributed by atoms with Crippen molar-refractivity contribution in [3.8, 4) is 22.6 Å². The fourth-order valence-corrected chi connectivity index (χ4v) is 25.3. The fourth-order valence-electron chi connectivity index (χ4n) is 14.1. The number of hydrogen-bond acceptors (Lipinski definition) is 6. The summed E-state index contributed by atoms with van der Waals surface area (Å²) in [5.41, 5.74) is 3.23. The summed E-state index contributed by atoms with van der Waals surface area (Å²) in [5, 5.41) is 12.5. The summed E-state index contributed by atoms with van der Waals surface area (Å²) in [7, 11) is -3.89. The minimum absolute atomic E-state index is 0.